The third kappa shape index (κ3) is 2.89. The van der Waals surface area contributed by atoms with Gasteiger partial charge in [-0.2, -0.15) is 0 Å². The van der Waals surface area contributed by atoms with Gasteiger partial charge in [0, 0.05) is 23.0 Å². The number of nitrogens with zero attached hydrogens (tertiary/aromatic N) is 5. The molecule has 21 heavy (non-hydrogen) atoms. The number of hydrogen-bond donors (Lipinski definition) is 1. The van der Waals surface area contributed by atoms with Crippen LogP contribution in [0.5, 0.6) is 0 Å². The van der Waals surface area contributed by atoms with E-state index in [9.17, 15) is 0 Å². The molecule has 0 aliphatic rings. The lowest BCUT2D eigenvalue weighted by molar-refractivity contribution is 0.813. The third-order valence-corrected chi connectivity index (χ3v) is 3.11. The van der Waals surface area contributed by atoms with Crippen LogP contribution in [0.1, 0.15) is 19.0 Å². The Kier molecular flexibility index (Phi) is 3.59. The lowest BCUT2D eigenvalue weighted by atomic mass is 10.2. The molecule has 0 saturated heterocycles. The Balaban J connectivity index is 1.91. The second-order valence-electron chi connectivity index (χ2n) is 4.75. The van der Waals surface area contributed by atoms with E-state index in [4.69, 9.17) is 5.73 Å². The molecule has 2 N–H and O–H groups in total. The van der Waals surface area contributed by atoms with Crippen molar-refractivity contribution in [1.82, 2.24) is 24.7 Å². The molecule has 0 bridgehead atoms. The van der Waals surface area contributed by atoms with Gasteiger partial charge in [-0.3, -0.25) is 0 Å². The SMILES string of the molecule is CCCc1cc(-n2cnc(-c3ccc(N)cc3)n2)ncn1. The number of anilines is 1. The highest BCUT2D eigenvalue weighted by Gasteiger charge is 2.07. The average Bonchev–Trinajstić information content (AvgIpc) is 2.98. The Morgan fingerprint density at radius 3 is 2.67 bits per heavy atom. The predicted molar refractivity (Wildman–Crippen MR) is 80.8 cm³/mol. The second kappa shape index (κ2) is 5.70. The van der Waals surface area contributed by atoms with E-state index in [1.807, 2.05) is 30.3 Å². The van der Waals surface area contributed by atoms with Gasteiger partial charge in [-0.05, 0) is 30.7 Å². The number of nitrogens with two attached hydrogens (primary N) is 1. The molecule has 0 fully saturated rings. The summed E-state index contributed by atoms with van der Waals surface area (Å²) in [6.07, 6.45) is 5.19. The van der Waals surface area contributed by atoms with E-state index in [-0.39, 0.29) is 0 Å². The van der Waals surface area contributed by atoms with E-state index in [1.165, 1.54) is 0 Å². The van der Waals surface area contributed by atoms with Crippen LogP contribution in [-0.2, 0) is 6.42 Å². The summed E-state index contributed by atoms with van der Waals surface area (Å²) in [7, 11) is 0. The summed E-state index contributed by atoms with van der Waals surface area (Å²) in [5.74, 6) is 1.37. The van der Waals surface area contributed by atoms with Gasteiger partial charge in [0.1, 0.15) is 12.7 Å². The number of aryl methyl sites for hydroxylation is 1. The molecule has 0 unspecified atom stereocenters. The number of hydrogen-bond acceptors (Lipinski definition) is 5. The summed E-state index contributed by atoms with van der Waals surface area (Å²) in [6, 6.07) is 9.40. The van der Waals surface area contributed by atoms with Gasteiger partial charge in [0.15, 0.2) is 11.6 Å². The van der Waals surface area contributed by atoms with E-state index in [0.29, 0.717) is 5.82 Å². The second-order valence-corrected chi connectivity index (χ2v) is 4.75. The smallest absolute Gasteiger partial charge is 0.181 e. The first kappa shape index (κ1) is 13.2. The van der Waals surface area contributed by atoms with Crippen LogP contribution < -0.4 is 5.73 Å². The van der Waals surface area contributed by atoms with Gasteiger partial charge in [0.2, 0.25) is 0 Å². The normalized spacial score (nSPS) is 10.7. The zero-order valence-corrected chi connectivity index (χ0v) is 11.8. The first-order chi connectivity index (χ1) is 10.3. The molecule has 0 aliphatic carbocycles. The Hall–Kier alpha value is -2.76. The van der Waals surface area contributed by atoms with Crippen LogP contribution in [0.25, 0.3) is 17.2 Å². The van der Waals surface area contributed by atoms with Crippen LogP contribution in [0.4, 0.5) is 5.69 Å². The van der Waals surface area contributed by atoms with Crippen molar-refractivity contribution in [2.24, 2.45) is 0 Å². The molecule has 2 aromatic heterocycles. The number of aromatic nitrogens is 5. The molecule has 1 aromatic carbocycles. The monoisotopic (exact) mass is 280 g/mol. The molecule has 0 amide bonds. The lowest BCUT2D eigenvalue weighted by Crippen LogP contribution is -2.01. The van der Waals surface area contributed by atoms with Gasteiger partial charge in [0.05, 0.1) is 0 Å². The van der Waals surface area contributed by atoms with E-state index >= 15 is 0 Å². The molecule has 6 nitrogen and oxygen atoms in total. The van der Waals surface area contributed by atoms with E-state index in [2.05, 4.69) is 27.0 Å². The van der Waals surface area contributed by atoms with Gasteiger partial charge in [-0.15, -0.1) is 5.10 Å². The summed E-state index contributed by atoms with van der Waals surface area (Å²) in [5.41, 5.74) is 8.33. The summed E-state index contributed by atoms with van der Waals surface area (Å²) in [6.45, 7) is 2.12. The predicted octanol–water partition coefficient (Wildman–Crippen LogP) is 2.26. The lowest BCUT2D eigenvalue weighted by Gasteiger charge is -2.01. The highest BCUT2D eigenvalue weighted by molar-refractivity contribution is 5.58. The standard InChI is InChI=1S/C15H16N6/c1-2-3-13-8-14(18-9-17-13)21-10-19-15(20-21)11-4-6-12(16)7-5-11/h4-10H,2-3,16H2,1H3. The average molecular weight is 280 g/mol. The number of rotatable bonds is 4. The van der Waals surface area contributed by atoms with E-state index in [1.54, 1.807) is 17.3 Å². The molecule has 0 spiro atoms. The highest BCUT2D eigenvalue weighted by Crippen LogP contribution is 2.17. The number of nitrogen functional groups attached to an aromatic ring is 1. The van der Waals surface area contributed by atoms with Crippen molar-refractivity contribution >= 4 is 5.69 Å². The molecule has 0 aliphatic heterocycles. The van der Waals surface area contributed by atoms with Crippen LogP contribution >= 0.6 is 0 Å². The fourth-order valence-electron chi connectivity index (χ4n) is 2.04. The third-order valence-electron chi connectivity index (χ3n) is 3.11. The van der Waals surface area contributed by atoms with E-state index < -0.39 is 0 Å². The molecule has 0 saturated carbocycles. The maximum absolute atomic E-state index is 5.68. The van der Waals surface area contributed by atoms with Gasteiger partial charge in [-0.25, -0.2) is 19.6 Å². The molecule has 6 heteroatoms. The minimum Gasteiger partial charge on any atom is -0.399 e. The van der Waals surface area contributed by atoms with Crippen LogP contribution in [0, 0.1) is 0 Å². The molecule has 2 heterocycles. The van der Waals surface area contributed by atoms with Crippen molar-refractivity contribution in [3.63, 3.8) is 0 Å². The summed E-state index contributed by atoms with van der Waals surface area (Å²) in [5, 5.41) is 4.46. The maximum atomic E-state index is 5.68. The molecule has 3 rings (SSSR count). The molecule has 0 radical (unpaired) electrons. The van der Waals surface area contributed by atoms with Crippen LogP contribution in [-0.4, -0.2) is 24.7 Å². The maximum Gasteiger partial charge on any atom is 0.181 e. The Morgan fingerprint density at radius 2 is 1.90 bits per heavy atom. The largest absolute Gasteiger partial charge is 0.399 e. The van der Waals surface area contributed by atoms with Crippen molar-refractivity contribution < 1.29 is 0 Å². The van der Waals surface area contributed by atoms with Crippen molar-refractivity contribution in [3.8, 4) is 17.2 Å². The van der Waals surface area contributed by atoms with Crippen molar-refractivity contribution in [2.45, 2.75) is 19.8 Å². The van der Waals surface area contributed by atoms with Crippen molar-refractivity contribution in [3.05, 3.63) is 48.7 Å². The van der Waals surface area contributed by atoms with Crippen LogP contribution in [0.2, 0.25) is 0 Å². The Labute approximate surface area is 122 Å². The topological polar surface area (TPSA) is 82.5 Å². The molecule has 3 aromatic rings. The van der Waals surface area contributed by atoms with Gasteiger partial charge in [0.25, 0.3) is 0 Å². The zero-order valence-electron chi connectivity index (χ0n) is 11.8. The Morgan fingerprint density at radius 1 is 1.10 bits per heavy atom. The zero-order chi connectivity index (χ0) is 14.7. The van der Waals surface area contributed by atoms with Crippen molar-refractivity contribution in [2.75, 3.05) is 5.73 Å². The fourth-order valence-corrected chi connectivity index (χ4v) is 2.04. The van der Waals surface area contributed by atoms with E-state index in [0.717, 1.165) is 35.6 Å². The van der Waals surface area contributed by atoms with Crippen LogP contribution in [0.3, 0.4) is 0 Å². The molecule has 0 atom stereocenters. The molecular formula is C15H16N6. The van der Waals surface area contributed by atoms with Gasteiger partial charge < -0.3 is 5.73 Å². The first-order valence-corrected chi connectivity index (χ1v) is 6.85. The molecule has 106 valence electrons. The highest BCUT2D eigenvalue weighted by atomic mass is 15.4. The van der Waals surface area contributed by atoms with Crippen molar-refractivity contribution in [1.29, 1.82) is 0 Å². The minimum absolute atomic E-state index is 0.644. The number of benzene rings is 1. The quantitative estimate of drug-likeness (QED) is 0.741. The summed E-state index contributed by atoms with van der Waals surface area (Å²) < 4.78 is 1.66. The minimum atomic E-state index is 0.644. The fraction of sp³-hybridized carbons (Fsp3) is 0.200. The summed E-state index contributed by atoms with van der Waals surface area (Å²) >= 11 is 0. The summed E-state index contributed by atoms with van der Waals surface area (Å²) in [4.78, 5) is 12.8. The molecular weight excluding hydrogens is 264 g/mol. The van der Waals surface area contributed by atoms with Crippen LogP contribution in [0.15, 0.2) is 43.0 Å². The first-order valence-electron chi connectivity index (χ1n) is 6.85. The Bertz CT molecular complexity index is 732. The van der Waals surface area contributed by atoms with Gasteiger partial charge in [-0.1, -0.05) is 13.3 Å². The van der Waals surface area contributed by atoms with Gasteiger partial charge >= 0.3 is 0 Å².